The van der Waals surface area contributed by atoms with Crippen molar-refractivity contribution < 1.29 is 4.79 Å². The van der Waals surface area contributed by atoms with Crippen molar-refractivity contribution in [2.75, 3.05) is 0 Å². The number of carbonyl (C=O) groups excluding carboxylic acids is 1. The van der Waals surface area contributed by atoms with Crippen molar-refractivity contribution in [3.8, 4) is 11.4 Å². The fraction of sp³-hybridized carbons (Fsp3) is 0.133. The highest BCUT2D eigenvalue weighted by molar-refractivity contribution is 5.95. The molecule has 7 nitrogen and oxygen atoms in total. The molecule has 0 aliphatic carbocycles. The molecule has 0 unspecified atom stereocenters. The van der Waals surface area contributed by atoms with Crippen LogP contribution in [0, 0.1) is 0 Å². The summed E-state index contributed by atoms with van der Waals surface area (Å²) < 4.78 is 1.56. The molecule has 1 amide bonds. The predicted octanol–water partition coefficient (Wildman–Crippen LogP) is 1.20. The lowest BCUT2D eigenvalue weighted by molar-refractivity contribution is 0.0951. The van der Waals surface area contributed by atoms with Crippen LogP contribution in [0.2, 0.25) is 0 Å². The van der Waals surface area contributed by atoms with Gasteiger partial charge in [0.15, 0.2) is 5.82 Å². The molecular weight excluding hydrogens is 280 g/mol. The van der Waals surface area contributed by atoms with Gasteiger partial charge in [0.2, 0.25) is 0 Å². The van der Waals surface area contributed by atoms with E-state index in [-0.39, 0.29) is 5.91 Å². The molecule has 0 aliphatic rings. The molecule has 0 atom stereocenters. The summed E-state index contributed by atoms with van der Waals surface area (Å²) in [5.41, 5.74) is 2.36. The zero-order chi connectivity index (χ0) is 15.4. The van der Waals surface area contributed by atoms with Crippen molar-refractivity contribution in [1.82, 2.24) is 30.5 Å². The summed E-state index contributed by atoms with van der Waals surface area (Å²) in [5.74, 6) is 0.470. The van der Waals surface area contributed by atoms with Crippen LogP contribution in [0.4, 0.5) is 0 Å². The average molecular weight is 294 g/mol. The summed E-state index contributed by atoms with van der Waals surface area (Å²) in [6, 6.07) is 10.9. The van der Waals surface area contributed by atoms with Gasteiger partial charge in [-0.05, 0) is 40.3 Å². The first-order valence-corrected chi connectivity index (χ1v) is 6.74. The van der Waals surface area contributed by atoms with Crippen LogP contribution < -0.4 is 5.32 Å². The Morgan fingerprint density at radius 3 is 2.77 bits per heavy atom. The van der Waals surface area contributed by atoms with E-state index >= 15 is 0 Å². The number of benzene rings is 1. The van der Waals surface area contributed by atoms with Crippen molar-refractivity contribution in [2.45, 2.75) is 6.54 Å². The van der Waals surface area contributed by atoms with E-state index < -0.39 is 0 Å². The number of pyridine rings is 1. The first-order valence-electron chi connectivity index (χ1n) is 6.74. The molecule has 0 radical (unpaired) electrons. The minimum absolute atomic E-state index is 0.145. The standard InChI is InChI=1S/C15H14N6O/c1-21-14(18-19-20-21)12-3-2-4-13(9-12)15(22)17-10-11-5-7-16-8-6-11/h2-9H,10H2,1H3,(H,17,22). The van der Waals surface area contributed by atoms with Crippen molar-refractivity contribution in [3.05, 3.63) is 59.9 Å². The van der Waals surface area contributed by atoms with Crippen LogP contribution >= 0.6 is 0 Å². The molecule has 3 aromatic rings. The summed E-state index contributed by atoms with van der Waals surface area (Å²) in [6.45, 7) is 0.455. The molecule has 7 heteroatoms. The Balaban J connectivity index is 1.75. The second kappa shape index (κ2) is 6.13. The van der Waals surface area contributed by atoms with Gasteiger partial charge < -0.3 is 5.32 Å². The first-order chi connectivity index (χ1) is 10.7. The molecule has 0 fully saturated rings. The third kappa shape index (κ3) is 2.98. The van der Waals surface area contributed by atoms with E-state index in [0.717, 1.165) is 11.1 Å². The van der Waals surface area contributed by atoms with E-state index in [4.69, 9.17) is 0 Å². The number of carbonyl (C=O) groups is 1. The van der Waals surface area contributed by atoms with E-state index in [1.807, 2.05) is 24.3 Å². The average Bonchev–Trinajstić information content (AvgIpc) is 3.00. The second-order valence-electron chi connectivity index (χ2n) is 4.75. The number of tetrazole rings is 1. The fourth-order valence-electron chi connectivity index (χ4n) is 2.06. The molecule has 3 rings (SSSR count). The lowest BCUT2D eigenvalue weighted by Crippen LogP contribution is -2.22. The Kier molecular flexibility index (Phi) is 3.86. The molecule has 1 N–H and O–H groups in total. The lowest BCUT2D eigenvalue weighted by Gasteiger charge is -2.06. The number of nitrogens with one attached hydrogen (secondary N) is 1. The Labute approximate surface area is 127 Å². The van der Waals surface area contributed by atoms with Crippen LogP contribution in [-0.4, -0.2) is 31.1 Å². The van der Waals surface area contributed by atoms with Crippen LogP contribution in [0.25, 0.3) is 11.4 Å². The molecule has 2 aromatic heterocycles. The highest BCUT2D eigenvalue weighted by Gasteiger charge is 2.10. The van der Waals surface area contributed by atoms with Crippen LogP contribution in [0.15, 0.2) is 48.8 Å². The molecule has 110 valence electrons. The SMILES string of the molecule is Cn1nnnc1-c1cccc(C(=O)NCc2ccncc2)c1. The number of hydrogen-bond donors (Lipinski definition) is 1. The Morgan fingerprint density at radius 1 is 1.23 bits per heavy atom. The predicted molar refractivity (Wildman–Crippen MR) is 79.6 cm³/mol. The molecule has 22 heavy (non-hydrogen) atoms. The van der Waals surface area contributed by atoms with E-state index in [1.54, 1.807) is 36.3 Å². The van der Waals surface area contributed by atoms with Gasteiger partial charge in [-0.2, -0.15) is 0 Å². The fourth-order valence-corrected chi connectivity index (χ4v) is 2.06. The van der Waals surface area contributed by atoms with Crippen molar-refractivity contribution >= 4 is 5.91 Å². The quantitative estimate of drug-likeness (QED) is 0.781. The van der Waals surface area contributed by atoms with Gasteiger partial charge in [0.1, 0.15) is 0 Å². The van der Waals surface area contributed by atoms with Gasteiger partial charge in [-0.1, -0.05) is 12.1 Å². The van der Waals surface area contributed by atoms with Crippen LogP contribution in [0.5, 0.6) is 0 Å². The second-order valence-corrected chi connectivity index (χ2v) is 4.75. The summed E-state index contributed by atoms with van der Waals surface area (Å²) >= 11 is 0. The molecule has 0 bridgehead atoms. The van der Waals surface area contributed by atoms with Crippen molar-refractivity contribution in [2.24, 2.45) is 7.05 Å². The molecule has 0 aliphatic heterocycles. The molecule has 1 aromatic carbocycles. The summed E-state index contributed by atoms with van der Waals surface area (Å²) in [7, 11) is 1.76. The Morgan fingerprint density at radius 2 is 2.05 bits per heavy atom. The smallest absolute Gasteiger partial charge is 0.251 e. The number of aryl methyl sites for hydroxylation is 1. The number of aromatic nitrogens is 5. The Hall–Kier alpha value is -3.09. The summed E-state index contributed by atoms with van der Waals surface area (Å²) in [6.07, 6.45) is 3.40. The van der Waals surface area contributed by atoms with Gasteiger partial charge in [0, 0.05) is 37.1 Å². The van der Waals surface area contributed by atoms with E-state index in [9.17, 15) is 4.79 Å². The third-order valence-electron chi connectivity index (χ3n) is 3.21. The minimum Gasteiger partial charge on any atom is -0.348 e. The minimum atomic E-state index is -0.145. The monoisotopic (exact) mass is 294 g/mol. The molecule has 0 saturated carbocycles. The van der Waals surface area contributed by atoms with Crippen LogP contribution in [0.3, 0.4) is 0 Å². The normalized spacial score (nSPS) is 10.4. The van der Waals surface area contributed by atoms with Crippen LogP contribution in [-0.2, 0) is 13.6 Å². The topological polar surface area (TPSA) is 85.6 Å². The van der Waals surface area contributed by atoms with Gasteiger partial charge in [0.25, 0.3) is 5.91 Å². The van der Waals surface area contributed by atoms with E-state index in [2.05, 4.69) is 25.8 Å². The van der Waals surface area contributed by atoms with Gasteiger partial charge in [-0.15, -0.1) is 5.10 Å². The third-order valence-corrected chi connectivity index (χ3v) is 3.21. The number of nitrogens with zero attached hydrogens (tertiary/aromatic N) is 5. The number of rotatable bonds is 4. The van der Waals surface area contributed by atoms with Crippen molar-refractivity contribution in [1.29, 1.82) is 0 Å². The molecule has 0 spiro atoms. The highest BCUT2D eigenvalue weighted by Crippen LogP contribution is 2.16. The maximum atomic E-state index is 12.2. The van der Waals surface area contributed by atoms with E-state index in [1.165, 1.54) is 0 Å². The largest absolute Gasteiger partial charge is 0.348 e. The van der Waals surface area contributed by atoms with Gasteiger partial charge >= 0.3 is 0 Å². The number of amides is 1. The van der Waals surface area contributed by atoms with E-state index in [0.29, 0.717) is 17.9 Å². The zero-order valence-electron chi connectivity index (χ0n) is 12.0. The van der Waals surface area contributed by atoms with Gasteiger partial charge in [-0.25, -0.2) is 4.68 Å². The van der Waals surface area contributed by atoms with Crippen LogP contribution in [0.1, 0.15) is 15.9 Å². The van der Waals surface area contributed by atoms with Crippen molar-refractivity contribution in [3.63, 3.8) is 0 Å². The maximum Gasteiger partial charge on any atom is 0.251 e. The van der Waals surface area contributed by atoms with Gasteiger partial charge in [-0.3, -0.25) is 9.78 Å². The molecule has 0 saturated heterocycles. The highest BCUT2D eigenvalue weighted by atomic mass is 16.1. The zero-order valence-corrected chi connectivity index (χ0v) is 12.0. The molecule has 2 heterocycles. The first kappa shape index (κ1) is 13.9. The van der Waals surface area contributed by atoms with Gasteiger partial charge in [0.05, 0.1) is 0 Å². The summed E-state index contributed by atoms with van der Waals surface area (Å²) in [5, 5.41) is 14.2. The number of hydrogen-bond acceptors (Lipinski definition) is 5. The molecular formula is C15H14N6O. The summed E-state index contributed by atoms with van der Waals surface area (Å²) in [4.78, 5) is 16.2. The maximum absolute atomic E-state index is 12.2. The lowest BCUT2D eigenvalue weighted by atomic mass is 10.1. The Bertz CT molecular complexity index is 783.